The van der Waals surface area contributed by atoms with E-state index in [1.54, 1.807) is 32.6 Å². The van der Waals surface area contributed by atoms with Gasteiger partial charge >= 0.3 is 0 Å². The van der Waals surface area contributed by atoms with Crippen LogP contribution in [0, 0.1) is 0 Å². The van der Waals surface area contributed by atoms with Gasteiger partial charge in [0.2, 0.25) is 5.65 Å². The normalized spacial score (nSPS) is 16.8. The lowest BCUT2D eigenvalue weighted by Gasteiger charge is -2.10. The molecule has 3 aromatic rings. The molecular formula is C18H19N5O2S. The van der Waals surface area contributed by atoms with Gasteiger partial charge in [-0.15, -0.1) is 17.9 Å². The van der Waals surface area contributed by atoms with Crippen LogP contribution in [0.15, 0.2) is 47.4 Å². The van der Waals surface area contributed by atoms with Gasteiger partial charge in [-0.1, -0.05) is 12.1 Å². The summed E-state index contributed by atoms with van der Waals surface area (Å²) in [5.74, 6) is -0.255. The predicted octanol–water partition coefficient (Wildman–Crippen LogP) is 1.50. The van der Waals surface area contributed by atoms with E-state index in [1.807, 2.05) is 23.7 Å². The fraction of sp³-hybridized carbons (Fsp3) is 0.278. The van der Waals surface area contributed by atoms with Crippen molar-refractivity contribution in [2.45, 2.75) is 19.0 Å². The number of nitrogens with zero attached hydrogens (tertiary/aromatic N) is 3. The number of allylic oxidation sites excluding steroid dienone is 1. The fourth-order valence-corrected chi connectivity index (χ4v) is 3.90. The highest BCUT2D eigenvalue weighted by atomic mass is 32.1. The van der Waals surface area contributed by atoms with Crippen molar-refractivity contribution in [3.8, 4) is 10.6 Å². The molecule has 0 aliphatic carbocycles. The summed E-state index contributed by atoms with van der Waals surface area (Å²) >= 11 is 1.55. The maximum absolute atomic E-state index is 12.9. The first kappa shape index (κ1) is 16.7. The van der Waals surface area contributed by atoms with Gasteiger partial charge in [0, 0.05) is 31.5 Å². The molecule has 3 aromatic heterocycles. The lowest BCUT2D eigenvalue weighted by Crippen LogP contribution is -2.36. The standard InChI is InChI=1S/C18H19N5O2S/c1-2-7-23-14(15-4-3-8-26-15)11-22-10-13(21-16(22)18(23)25)17(24)20-12-5-6-19-9-12/h2-4,8,10-12,19H,1,5-7,9H2,(H,20,24)/t12-/m0/s1. The number of aromatic nitrogens is 3. The van der Waals surface area contributed by atoms with Gasteiger partial charge < -0.3 is 10.6 Å². The van der Waals surface area contributed by atoms with Gasteiger partial charge in [0.1, 0.15) is 5.69 Å². The molecule has 1 atom stereocenters. The minimum atomic E-state index is -0.255. The van der Waals surface area contributed by atoms with Crippen LogP contribution in [0.5, 0.6) is 0 Å². The summed E-state index contributed by atoms with van der Waals surface area (Å²) < 4.78 is 3.27. The molecule has 1 aliphatic rings. The lowest BCUT2D eigenvalue weighted by molar-refractivity contribution is 0.0935. The van der Waals surface area contributed by atoms with Crippen LogP contribution in [0.1, 0.15) is 16.9 Å². The Hall–Kier alpha value is -2.71. The van der Waals surface area contributed by atoms with Gasteiger partial charge in [-0.25, -0.2) is 4.98 Å². The molecular weight excluding hydrogens is 350 g/mol. The van der Waals surface area contributed by atoms with Crippen LogP contribution in [0.4, 0.5) is 0 Å². The van der Waals surface area contributed by atoms with E-state index in [-0.39, 0.29) is 28.8 Å². The number of fused-ring (bicyclic) bond motifs is 1. The first-order valence-corrected chi connectivity index (χ1v) is 9.34. The van der Waals surface area contributed by atoms with E-state index in [1.165, 1.54) is 0 Å². The van der Waals surface area contributed by atoms with Crippen LogP contribution >= 0.6 is 11.3 Å². The second-order valence-corrected chi connectivity index (χ2v) is 7.16. The summed E-state index contributed by atoms with van der Waals surface area (Å²) in [6.07, 6.45) is 6.03. The van der Waals surface area contributed by atoms with Crippen LogP contribution in [0.2, 0.25) is 0 Å². The van der Waals surface area contributed by atoms with Gasteiger partial charge in [-0.3, -0.25) is 18.6 Å². The Bertz CT molecular complexity index is 1010. The molecule has 0 bridgehead atoms. The molecule has 2 N–H and O–H groups in total. The van der Waals surface area contributed by atoms with E-state index >= 15 is 0 Å². The minimum absolute atomic E-state index is 0.103. The van der Waals surface area contributed by atoms with Crippen molar-refractivity contribution in [2.75, 3.05) is 13.1 Å². The van der Waals surface area contributed by atoms with Gasteiger partial charge in [0.15, 0.2) is 0 Å². The molecule has 7 nitrogen and oxygen atoms in total. The van der Waals surface area contributed by atoms with Crippen molar-refractivity contribution in [1.29, 1.82) is 0 Å². The number of hydrogen-bond acceptors (Lipinski definition) is 5. The number of carbonyl (C=O) groups is 1. The van der Waals surface area contributed by atoms with Crippen LogP contribution < -0.4 is 16.2 Å². The highest BCUT2D eigenvalue weighted by Gasteiger charge is 2.21. The number of carbonyl (C=O) groups excluding carboxylic acids is 1. The van der Waals surface area contributed by atoms with Crippen molar-refractivity contribution in [3.05, 3.63) is 58.6 Å². The molecule has 26 heavy (non-hydrogen) atoms. The van der Waals surface area contributed by atoms with Crippen LogP contribution in [0.3, 0.4) is 0 Å². The fourth-order valence-electron chi connectivity index (χ4n) is 3.16. The third-order valence-electron chi connectivity index (χ3n) is 4.43. The van der Waals surface area contributed by atoms with Gasteiger partial charge in [0.05, 0.1) is 10.6 Å². The molecule has 0 saturated carbocycles. The minimum Gasteiger partial charge on any atom is -0.347 e. The summed E-state index contributed by atoms with van der Waals surface area (Å²) in [5, 5.41) is 8.13. The molecule has 1 fully saturated rings. The predicted molar refractivity (Wildman–Crippen MR) is 102 cm³/mol. The first-order chi connectivity index (χ1) is 12.7. The van der Waals surface area contributed by atoms with Crippen LogP contribution in [-0.2, 0) is 6.54 Å². The Morgan fingerprint density at radius 1 is 1.50 bits per heavy atom. The number of amides is 1. The van der Waals surface area contributed by atoms with Gasteiger partial charge in [-0.2, -0.15) is 0 Å². The molecule has 134 valence electrons. The second-order valence-electron chi connectivity index (χ2n) is 6.22. The maximum atomic E-state index is 12.9. The van der Waals surface area contributed by atoms with Crippen LogP contribution in [-0.4, -0.2) is 39.0 Å². The average molecular weight is 369 g/mol. The molecule has 4 rings (SSSR count). The summed E-state index contributed by atoms with van der Waals surface area (Å²) in [7, 11) is 0. The Kier molecular flexibility index (Phi) is 4.44. The third kappa shape index (κ3) is 2.97. The number of rotatable bonds is 5. The summed E-state index contributed by atoms with van der Waals surface area (Å²) in [6.45, 7) is 5.77. The summed E-state index contributed by atoms with van der Waals surface area (Å²) in [5.41, 5.74) is 1.03. The van der Waals surface area contributed by atoms with Crippen molar-refractivity contribution in [1.82, 2.24) is 24.6 Å². The SMILES string of the molecule is C=CCn1c(-c2cccs2)cn2cc(C(=O)N[C@H]3CCNC3)nc2c1=O. The average Bonchev–Trinajstić information content (AvgIpc) is 3.38. The molecule has 0 spiro atoms. The zero-order valence-electron chi connectivity index (χ0n) is 14.1. The highest BCUT2D eigenvalue weighted by molar-refractivity contribution is 7.13. The molecule has 1 amide bonds. The zero-order chi connectivity index (χ0) is 18.1. The highest BCUT2D eigenvalue weighted by Crippen LogP contribution is 2.24. The van der Waals surface area contributed by atoms with E-state index in [0.717, 1.165) is 30.1 Å². The topological polar surface area (TPSA) is 80.4 Å². The zero-order valence-corrected chi connectivity index (χ0v) is 15.0. The maximum Gasteiger partial charge on any atom is 0.295 e. The quantitative estimate of drug-likeness (QED) is 0.668. The van der Waals surface area contributed by atoms with Crippen molar-refractivity contribution in [3.63, 3.8) is 0 Å². The Morgan fingerprint density at radius 2 is 2.38 bits per heavy atom. The second kappa shape index (κ2) is 6.89. The smallest absolute Gasteiger partial charge is 0.295 e. The van der Waals surface area contributed by atoms with Gasteiger partial charge in [-0.05, 0) is 24.4 Å². The van der Waals surface area contributed by atoms with E-state index in [0.29, 0.717) is 6.54 Å². The van der Waals surface area contributed by atoms with E-state index in [2.05, 4.69) is 22.2 Å². The Balaban J connectivity index is 1.77. The van der Waals surface area contributed by atoms with Crippen LogP contribution in [0.25, 0.3) is 16.2 Å². The number of hydrogen-bond donors (Lipinski definition) is 2. The van der Waals surface area contributed by atoms with E-state index < -0.39 is 0 Å². The molecule has 0 radical (unpaired) electrons. The summed E-state index contributed by atoms with van der Waals surface area (Å²) in [6, 6.07) is 4.00. The molecule has 0 unspecified atom stereocenters. The lowest BCUT2D eigenvalue weighted by atomic mass is 10.2. The Morgan fingerprint density at radius 3 is 3.08 bits per heavy atom. The molecule has 0 aromatic carbocycles. The van der Waals surface area contributed by atoms with Crippen molar-refractivity contribution < 1.29 is 4.79 Å². The molecule has 1 aliphatic heterocycles. The molecule has 1 saturated heterocycles. The molecule has 8 heteroatoms. The van der Waals surface area contributed by atoms with E-state index in [9.17, 15) is 9.59 Å². The van der Waals surface area contributed by atoms with Crippen molar-refractivity contribution >= 4 is 22.9 Å². The van der Waals surface area contributed by atoms with Gasteiger partial charge in [0.25, 0.3) is 11.5 Å². The molecule has 4 heterocycles. The largest absolute Gasteiger partial charge is 0.347 e. The van der Waals surface area contributed by atoms with E-state index in [4.69, 9.17) is 0 Å². The Labute approximate surface area is 154 Å². The number of imidazole rings is 1. The number of nitrogens with one attached hydrogen (secondary N) is 2. The number of thiophene rings is 1. The third-order valence-corrected chi connectivity index (χ3v) is 5.33. The monoisotopic (exact) mass is 369 g/mol. The summed E-state index contributed by atoms with van der Waals surface area (Å²) in [4.78, 5) is 30.6. The van der Waals surface area contributed by atoms with Crippen molar-refractivity contribution in [2.24, 2.45) is 0 Å². The first-order valence-electron chi connectivity index (χ1n) is 8.46.